The summed E-state index contributed by atoms with van der Waals surface area (Å²) in [6, 6.07) is 10.8. The van der Waals surface area contributed by atoms with Crippen LogP contribution in [0.15, 0.2) is 39.2 Å². The summed E-state index contributed by atoms with van der Waals surface area (Å²) >= 11 is 3.51. The lowest BCUT2D eigenvalue weighted by molar-refractivity contribution is 0.473. The van der Waals surface area contributed by atoms with Gasteiger partial charge in [-0.2, -0.15) is 0 Å². The van der Waals surface area contributed by atoms with Crippen LogP contribution in [0.4, 0.5) is 0 Å². The second kappa shape index (κ2) is 5.72. The van der Waals surface area contributed by atoms with Crippen LogP contribution in [0.3, 0.4) is 0 Å². The average Bonchev–Trinajstić information content (AvgIpc) is 2.73. The van der Waals surface area contributed by atoms with Crippen LogP contribution in [0.5, 0.6) is 0 Å². The highest BCUT2D eigenvalue weighted by Crippen LogP contribution is 2.26. The third-order valence-corrected chi connectivity index (χ3v) is 3.13. The molecule has 0 spiro atoms. The van der Waals surface area contributed by atoms with Crippen molar-refractivity contribution < 1.29 is 4.42 Å². The molecular formula is C15H18BrNO. The van der Waals surface area contributed by atoms with Crippen molar-refractivity contribution in [2.24, 2.45) is 0 Å². The maximum Gasteiger partial charge on any atom is 0.134 e. The van der Waals surface area contributed by atoms with Crippen LogP contribution in [0, 0.1) is 6.92 Å². The van der Waals surface area contributed by atoms with E-state index < -0.39 is 0 Å². The minimum Gasteiger partial charge on any atom is -0.460 e. The minimum atomic E-state index is 0.465. The Labute approximate surface area is 117 Å². The Kier molecular flexibility index (Phi) is 4.25. The van der Waals surface area contributed by atoms with Crippen molar-refractivity contribution in [3.8, 4) is 11.3 Å². The van der Waals surface area contributed by atoms with Crippen molar-refractivity contribution in [2.45, 2.75) is 33.4 Å². The molecule has 2 nitrogen and oxygen atoms in total. The highest BCUT2D eigenvalue weighted by atomic mass is 79.9. The molecule has 0 amide bonds. The van der Waals surface area contributed by atoms with Gasteiger partial charge < -0.3 is 9.73 Å². The lowest BCUT2D eigenvalue weighted by Crippen LogP contribution is -2.21. The number of hydrogen-bond donors (Lipinski definition) is 1. The summed E-state index contributed by atoms with van der Waals surface area (Å²) < 4.78 is 6.93. The largest absolute Gasteiger partial charge is 0.460 e. The number of furan rings is 1. The number of nitrogens with one attached hydrogen (secondary N) is 1. The average molecular weight is 308 g/mol. The zero-order chi connectivity index (χ0) is 13.1. The van der Waals surface area contributed by atoms with E-state index in [-0.39, 0.29) is 0 Å². The van der Waals surface area contributed by atoms with E-state index in [9.17, 15) is 0 Å². The molecule has 0 aliphatic carbocycles. The number of rotatable bonds is 4. The molecule has 2 rings (SSSR count). The van der Waals surface area contributed by atoms with E-state index in [1.807, 2.05) is 12.1 Å². The monoisotopic (exact) mass is 307 g/mol. The van der Waals surface area contributed by atoms with Gasteiger partial charge in [0.1, 0.15) is 11.5 Å². The first-order valence-electron chi connectivity index (χ1n) is 6.14. The van der Waals surface area contributed by atoms with Crippen LogP contribution in [0.25, 0.3) is 11.3 Å². The number of hydrogen-bond acceptors (Lipinski definition) is 2. The Bertz CT molecular complexity index is 511. The van der Waals surface area contributed by atoms with Gasteiger partial charge in [-0.15, -0.1) is 0 Å². The van der Waals surface area contributed by atoms with E-state index in [2.05, 4.69) is 60.2 Å². The van der Waals surface area contributed by atoms with Gasteiger partial charge in [0.05, 0.1) is 6.54 Å². The van der Waals surface area contributed by atoms with Gasteiger partial charge in [-0.3, -0.25) is 0 Å². The summed E-state index contributed by atoms with van der Waals surface area (Å²) in [4.78, 5) is 0. The van der Waals surface area contributed by atoms with Crippen LogP contribution >= 0.6 is 15.9 Å². The Morgan fingerprint density at radius 3 is 2.67 bits per heavy atom. The fraction of sp³-hybridized carbons (Fsp3) is 0.333. The van der Waals surface area contributed by atoms with Gasteiger partial charge in [0, 0.05) is 16.1 Å². The Hall–Kier alpha value is -1.06. The SMILES string of the molecule is Cc1cc(Br)cc(-c2ccc(CNC(C)C)o2)c1. The molecule has 0 unspecified atom stereocenters. The van der Waals surface area contributed by atoms with Gasteiger partial charge in [0.15, 0.2) is 0 Å². The van der Waals surface area contributed by atoms with Crippen molar-refractivity contribution in [1.82, 2.24) is 5.32 Å². The van der Waals surface area contributed by atoms with Crippen molar-refractivity contribution >= 4 is 15.9 Å². The van der Waals surface area contributed by atoms with Gasteiger partial charge in [-0.25, -0.2) is 0 Å². The number of benzene rings is 1. The molecule has 3 heteroatoms. The van der Waals surface area contributed by atoms with Crippen molar-refractivity contribution in [3.63, 3.8) is 0 Å². The molecule has 0 saturated carbocycles. The van der Waals surface area contributed by atoms with Crippen LogP contribution in [-0.2, 0) is 6.54 Å². The zero-order valence-electron chi connectivity index (χ0n) is 11.0. The standard InChI is InChI=1S/C15H18BrNO/c1-10(2)17-9-14-4-5-15(18-14)12-6-11(3)7-13(16)8-12/h4-8,10,17H,9H2,1-3H3. The molecule has 1 heterocycles. The quantitative estimate of drug-likeness (QED) is 0.898. The molecule has 0 bridgehead atoms. The molecule has 0 atom stereocenters. The molecule has 1 aromatic carbocycles. The molecule has 0 saturated heterocycles. The first kappa shape index (κ1) is 13.4. The Morgan fingerprint density at radius 2 is 2.00 bits per heavy atom. The van der Waals surface area contributed by atoms with Crippen molar-refractivity contribution in [1.29, 1.82) is 0 Å². The highest BCUT2D eigenvalue weighted by molar-refractivity contribution is 9.10. The van der Waals surface area contributed by atoms with Gasteiger partial charge in [0.25, 0.3) is 0 Å². The third kappa shape index (κ3) is 3.47. The first-order valence-corrected chi connectivity index (χ1v) is 6.93. The second-order valence-electron chi connectivity index (χ2n) is 4.82. The van der Waals surface area contributed by atoms with Crippen LogP contribution in [0.1, 0.15) is 25.2 Å². The molecule has 18 heavy (non-hydrogen) atoms. The van der Waals surface area contributed by atoms with Crippen molar-refractivity contribution in [3.05, 3.63) is 46.1 Å². The van der Waals surface area contributed by atoms with Crippen molar-refractivity contribution in [2.75, 3.05) is 0 Å². The molecule has 0 radical (unpaired) electrons. The summed E-state index contributed by atoms with van der Waals surface area (Å²) in [6.07, 6.45) is 0. The maximum atomic E-state index is 5.85. The zero-order valence-corrected chi connectivity index (χ0v) is 12.5. The van der Waals surface area contributed by atoms with Gasteiger partial charge >= 0.3 is 0 Å². The molecule has 0 fully saturated rings. The lowest BCUT2D eigenvalue weighted by atomic mass is 10.1. The van der Waals surface area contributed by atoms with E-state index in [1.54, 1.807) is 0 Å². The van der Waals surface area contributed by atoms with E-state index in [1.165, 1.54) is 5.56 Å². The van der Waals surface area contributed by atoms with E-state index in [0.717, 1.165) is 28.1 Å². The van der Waals surface area contributed by atoms with Gasteiger partial charge in [-0.1, -0.05) is 29.8 Å². The minimum absolute atomic E-state index is 0.465. The van der Waals surface area contributed by atoms with Crippen LogP contribution < -0.4 is 5.32 Å². The molecule has 1 N–H and O–H groups in total. The van der Waals surface area contributed by atoms with E-state index in [0.29, 0.717) is 6.04 Å². The molecule has 1 aromatic heterocycles. The fourth-order valence-electron chi connectivity index (χ4n) is 1.81. The maximum absolute atomic E-state index is 5.85. The fourth-order valence-corrected chi connectivity index (χ4v) is 2.42. The molecule has 2 aromatic rings. The van der Waals surface area contributed by atoms with Crippen LogP contribution in [-0.4, -0.2) is 6.04 Å². The van der Waals surface area contributed by atoms with E-state index in [4.69, 9.17) is 4.42 Å². The smallest absolute Gasteiger partial charge is 0.134 e. The van der Waals surface area contributed by atoms with Crippen LogP contribution in [0.2, 0.25) is 0 Å². The Balaban J connectivity index is 2.18. The molecule has 0 aliphatic rings. The lowest BCUT2D eigenvalue weighted by Gasteiger charge is -2.05. The third-order valence-electron chi connectivity index (χ3n) is 2.67. The number of halogens is 1. The van der Waals surface area contributed by atoms with Gasteiger partial charge in [0.2, 0.25) is 0 Å². The van der Waals surface area contributed by atoms with E-state index >= 15 is 0 Å². The summed E-state index contributed by atoms with van der Waals surface area (Å²) in [5, 5.41) is 3.35. The van der Waals surface area contributed by atoms with Gasteiger partial charge in [-0.05, 0) is 42.8 Å². The topological polar surface area (TPSA) is 25.2 Å². The molecule has 0 aliphatic heterocycles. The first-order chi connectivity index (χ1) is 8.54. The normalized spacial score (nSPS) is 11.2. The summed E-state index contributed by atoms with van der Waals surface area (Å²) in [7, 11) is 0. The second-order valence-corrected chi connectivity index (χ2v) is 5.73. The molecule has 96 valence electrons. The highest BCUT2D eigenvalue weighted by Gasteiger charge is 2.06. The molecular weight excluding hydrogens is 290 g/mol. The predicted molar refractivity (Wildman–Crippen MR) is 78.6 cm³/mol. The summed E-state index contributed by atoms with van der Waals surface area (Å²) in [5.41, 5.74) is 2.33. The predicted octanol–water partition coefficient (Wildman–Crippen LogP) is 4.52. The summed E-state index contributed by atoms with van der Waals surface area (Å²) in [6.45, 7) is 7.10. The summed E-state index contributed by atoms with van der Waals surface area (Å²) in [5.74, 6) is 1.89. The Morgan fingerprint density at radius 1 is 1.22 bits per heavy atom. The number of aryl methyl sites for hydroxylation is 1.